The van der Waals surface area contributed by atoms with E-state index in [0.717, 1.165) is 5.56 Å². The van der Waals surface area contributed by atoms with Crippen LogP contribution in [0, 0.1) is 0 Å². The van der Waals surface area contributed by atoms with Crippen LogP contribution in [-0.4, -0.2) is 23.2 Å². The zero-order valence-corrected chi connectivity index (χ0v) is 11.2. The number of ether oxygens (including phenoxy) is 1. The van der Waals surface area contributed by atoms with Gasteiger partial charge in [-0.25, -0.2) is 5.10 Å². The molecule has 1 unspecified atom stereocenters. The second-order valence-electron chi connectivity index (χ2n) is 4.24. The fraction of sp³-hybridized carbons (Fsp3) is 0.214. The third-order valence-corrected chi connectivity index (χ3v) is 2.86. The van der Waals surface area contributed by atoms with Crippen LogP contribution in [0.3, 0.4) is 0 Å². The molecule has 0 aliphatic carbocycles. The quantitative estimate of drug-likeness (QED) is 0.878. The van der Waals surface area contributed by atoms with Gasteiger partial charge in [-0.1, -0.05) is 18.2 Å². The average molecular weight is 273 g/mol. The predicted molar refractivity (Wildman–Crippen MR) is 73.7 cm³/mol. The molecule has 2 N–H and O–H groups in total. The summed E-state index contributed by atoms with van der Waals surface area (Å²) in [5.41, 5.74) is 0.679. The van der Waals surface area contributed by atoms with Crippen molar-refractivity contribution in [3.05, 3.63) is 58.0 Å². The van der Waals surface area contributed by atoms with Crippen molar-refractivity contribution in [3.63, 3.8) is 0 Å². The lowest BCUT2D eigenvalue weighted by atomic mass is 10.1. The van der Waals surface area contributed by atoms with Crippen molar-refractivity contribution in [2.45, 2.75) is 13.0 Å². The van der Waals surface area contributed by atoms with Gasteiger partial charge in [-0.2, -0.15) is 5.10 Å². The van der Waals surface area contributed by atoms with Gasteiger partial charge in [0.2, 0.25) is 0 Å². The highest BCUT2D eigenvalue weighted by Gasteiger charge is 2.15. The summed E-state index contributed by atoms with van der Waals surface area (Å²) < 4.78 is 5.26. The number of carbonyl (C=O) groups is 1. The van der Waals surface area contributed by atoms with Gasteiger partial charge >= 0.3 is 0 Å². The number of benzene rings is 1. The van der Waals surface area contributed by atoms with E-state index in [0.29, 0.717) is 5.75 Å². The lowest BCUT2D eigenvalue weighted by molar-refractivity contribution is 0.0933. The number of H-pyrrole nitrogens is 1. The average Bonchev–Trinajstić information content (AvgIpc) is 2.47. The fourth-order valence-electron chi connectivity index (χ4n) is 1.84. The van der Waals surface area contributed by atoms with Crippen molar-refractivity contribution in [2.75, 3.05) is 7.11 Å². The topological polar surface area (TPSA) is 84.1 Å². The van der Waals surface area contributed by atoms with Crippen molar-refractivity contribution >= 4 is 5.91 Å². The molecule has 0 aliphatic rings. The maximum absolute atomic E-state index is 12.0. The zero-order chi connectivity index (χ0) is 14.5. The second kappa shape index (κ2) is 6.01. The maximum atomic E-state index is 12.0. The largest absolute Gasteiger partial charge is 0.496 e. The number of hydrogen-bond acceptors (Lipinski definition) is 4. The van der Waals surface area contributed by atoms with Gasteiger partial charge in [0.05, 0.1) is 13.2 Å². The highest BCUT2D eigenvalue weighted by atomic mass is 16.5. The van der Waals surface area contributed by atoms with Gasteiger partial charge in [-0.05, 0) is 19.1 Å². The molecule has 0 bridgehead atoms. The summed E-state index contributed by atoms with van der Waals surface area (Å²) >= 11 is 0. The van der Waals surface area contributed by atoms with E-state index in [2.05, 4.69) is 15.5 Å². The van der Waals surface area contributed by atoms with E-state index in [9.17, 15) is 9.59 Å². The summed E-state index contributed by atoms with van der Waals surface area (Å²) in [6.07, 6.45) is 0. The minimum atomic E-state index is -0.361. The number of rotatable bonds is 4. The maximum Gasteiger partial charge on any atom is 0.272 e. The minimum absolute atomic E-state index is 0.159. The summed E-state index contributed by atoms with van der Waals surface area (Å²) in [6, 6.07) is 9.84. The van der Waals surface area contributed by atoms with Crippen LogP contribution in [0.1, 0.15) is 29.0 Å². The van der Waals surface area contributed by atoms with Gasteiger partial charge in [0, 0.05) is 11.6 Å². The highest BCUT2D eigenvalue weighted by Crippen LogP contribution is 2.24. The molecular formula is C14H15N3O3. The lowest BCUT2D eigenvalue weighted by Crippen LogP contribution is -2.28. The smallest absolute Gasteiger partial charge is 0.272 e. The Bertz CT molecular complexity index is 646. The van der Waals surface area contributed by atoms with Crippen molar-refractivity contribution in [1.29, 1.82) is 0 Å². The Kier molecular flexibility index (Phi) is 4.14. The van der Waals surface area contributed by atoms with E-state index in [1.807, 2.05) is 31.2 Å². The van der Waals surface area contributed by atoms with E-state index in [1.165, 1.54) is 12.1 Å². The normalized spacial score (nSPS) is 11.7. The van der Waals surface area contributed by atoms with Gasteiger partial charge in [0.15, 0.2) is 0 Å². The summed E-state index contributed by atoms with van der Waals surface area (Å²) in [5.74, 6) is 0.342. The Morgan fingerprint density at radius 2 is 2.05 bits per heavy atom. The van der Waals surface area contributed by atoms with Crippen molar-refractivity contribution < 1.29 is 9.53 Å². The number of carbonyl (C=O) groups excluding carboxylic acids is 1. The monoisotopic (exact) mass is 273 g/mol. The zero-order valence-electron chi connectivity index (χ0n) is 11.2. The van der Waals surface area contributed by atoms with Crippen LogP contribution in [0.15, 0.2) is 41.2 Å². The van der Waals surface area contributed by atoms with Crippen LogP contribution in [0.4, 0.5) is 0 Å². The molecule has 6 nitrogen and oxygen atoms in total. The van der Waals surface area contributed by atoms with Crippen molar-refractivity contribution in [1.82, 2.24) is 15.5 Å². The molecule has 1 atom stereocenters. The predicted octanol–water partition coefficient (Wildman–Crippen LogP) is 1.27. The van der Waals surface area contributed by atoms with Gasteiger partial charge in [0.25, 0.3) is 11.5 Å². The molecule has 20 heavy (non-hydrogen) atoms. The summed E-state index contributed by atoms with van der Waals surface area (Å²) in [4.78, 5) is 22.9. The molecule has 1 heterocycles. The molecule has 0 spiro atoms. The first-order chi connectivity index (χ1) is 9.61. The first-order valence-electron chi connectivity index (χ1n) is 6.11. The Morgan fingerprint density at radius 1 is 1.30 bits per heavy atom. The van der Waals surface area contributed by atoms with E-state index < -0.39 is 0 Å². The molecule has 2 aromatic rings. The Balaban J connectivity index is 2.15. The summed E-state index contributed by atoms with van der Waals surface area (Å²) in [6.45, 7) is 1.85. The van der Waals surface area contributed by atoms with Gasteiger partial charge in [0.1, 0.15) is 11.4 Å². The van der Waals surface area contributed by atoms with E-state index in [1.54, 1.807) is 7.11 Å². The minimum Gasteiger partial charge on any atom is -0.496 e. The number of amides is 1. The van der Waals surface area contributed by atoms with Crippen LogP contribution in [0.25, 0.3) is 0 Å². The first kappa shape index (κ1) is 13.8. The number of aromatic amines is 1. The van der Waals surface area contributed by atoms with E-state index in [-0.39, 0.29) is 23.2 Å². The molecule has 0 radical (unpaired) electrons. The molecule has 1 amide bonds. The number of nitrogens with one attached hydrogen (secondary N) is 2. The number of methoxy groups -OCH3 is 1. The number of aromatic nitrogens is 2. The Morgan fingerprint density at radius 3 is 2.70 bits per heavy atom. The van der Waals surface area contributed by atoms with Gasteiger partial charge in [-0.15, -0.1) is 0 Å². The lowest BCUT2D eigenvalue weighted by Gasteiger charge is -2.16. The van der Waals surface area contributed by atoms with Crippen LogP contribution in [0.5, 0.6) is 5.75 Å². The second-order valence-corrected chi connectivity index (χ2v) is 4.24. The molecule has 0 aliphatic heterocycles. The SMILES string of the molecule is COc1ccccc1C(C)NC(=O)c1ccc(=O)[nH]n1. The fourth-order valence-corrected chi connectivity index (χ4v) is 1.84. The standard InChI is InChI=1S/C14H15N3O3/c1-9(10-5-3-4-6-12(10)20-2)15-14(19)11-7-8-13(18)17-16-11/h3-9H,1-2H3,(H,15,19)(H,17,18). The van der Waals surface area contributed by atoms with Crippen LogP contribution in [0.2, 0.25) is 0 Å². The number of nitrogens with zero attached hydrogens (tertiary/aromatic N) is 1. The Labute approximate surface area is 115 Å². The summed E-state index contributed by atoms with van der Waals surface area (Å²) in [5, 5.41) is 8.72. The molecule has 6 heteroatoms. The molecule has 0 fully saturated rings. The molecule has 1 aromatic carbocycles. The molecule has 0 saturated heterocycles. The third kappa shape index (κ3) is 3.03. The van der Waals surface area contributed by atoms with Crippen LogP contribution < -0.4 is 15.6 Å². The third-order valence-electron chi connectivity index (χ3n) is 2.86. The molecule has 104 valence electrons. The van der Waals surface area contributed by atoms with Crippen molar-refractivity contribution in [3.8, 4) is 5.75 Å². The van der Waals surface area contributed by atoms with Crippen LogP contribution in [-0.2, 0) is 0 Å². The molecular weight excluding hydrogens is 258 g/mol. The number of hydrogen-bond donors (Lipinski definition) is 2. The Hall–Kier alpha value is -2.63. The first-order valence-corrected chi connectivity index (χ1v) is 6.11. The van der Waals surface area contributed by atoms with E-state index in [4.69, 9.17) is 4.74 Å². The van der Waals surface area contributed by atoms with Gasteiger partial charge in [-0.3, -0.25) is 9.59 Å². The molecule has 1 aromatic heterocycles. The van der Waals surface area contributed by atoms with Gasteiger partial charge < -0.3 is 10.1 Å². The highest BCUT2D eigenvalue weighted by molar-refractivity contribution is 5.92. The van der Waals surface area contributed by atoms with Crippen LogP contribution >= 0.6 is 0 Å². The molecule has 0 saturated carbocycles. The van der Waals surface area contributed by atoms with Crippen molar-refractivity contribution in [2.24, 2.45) is 0 Å². The van der Waals surface area contributed by atoms with E-state index >= 15 is 0 Å². The number of para-hydroxylation sites is 1. The molecule has 2 rings (SSSR count). The summed E-state index contributed by atoms with van der Waals surface area (Å²) in [7, 11) is 1.58.